The van der Waals surface area contributed by atoms with Crippen molar-refractivity contribution in [1.29, 1.82) is 0 Å². The standard InChI is InChI=1S/C12H12BrNO2S/c1-8-6-16-12(14-8)17-7-9-3-4-11(15-2)10(13)5-9/h3-6H,7H2,1-2H3. The number of aryl methyl sites for hydroxylation is 1. The van der Waals surface area contributed by atoms with E-state index in [-0.39, 0.29) is 0 Å². The highest BCUT2D eigenvalue weighted by atomic mass is 79.9. The van der Waals surface area contributed by atoms with Crippen molar-refractivity contribution in [2.75, 3.05) is 7.11 Å². The molecule has 1 aromatic heterocycles. The third kappa shape index (κ3) is 3.26. The van der Waals surface area contributed by atoms with Crippen LogP contribution in [0.5, 0.6) is 5.75 Å². The van der Waals surface area contributed by atoms with E-state index in [1.165, 1.54) is 5.56 Å². The Morgan fingerprint density at radius 3 is 2.88 bits per heavy atom. The molecular formula is C12H12BrNO2S. The van der Waals surface area contributed by atoms with Gasteiger partial charge in [0.2, 0.25) is 0 Å². The van der Waals surface area contributed by atoms with E-state index in [0.29, 0.717) is 5.22 Å². The van der Waals surface area contributed by atoms with Gasteiger partial charge in [-0.15, -0.1) is 0 Å². The number of hydrogen-bond donors (Lipinski definition) is 0. The van der Waals surface area contributed by atoms with Crippen molar-refractivity contribution < 1.29 is 9.15 Å². The predicted octanol–water partition coefficient (Wildman–Crippen LogP) is 4.05. The Morgan fingerprint density at radius 1 is 1.47 bits per heavy atom. The molecule has 17 heavy (non-hydrogen) atoms. The molecule has 0 aliphatic carbocycles. The average molecular weight is 314 g/mol. The lowest BCUT2D eigenvalue weighted by Crippen LogP contribution is -1.87. The van der Waals surface area contributed by atoms with Crippen LogP contribution in [0.4, 0.5) is 0 Å². The summed E-state index contributed by atoms with van der Waals surface area (Å²) in [7, 11) is 1.66. The minimum atomic E-state index is 0.703. The van der Waals surface area contributed by atoms with E-state index in [0.717, 1.165) is 21.7 Å². The number of rotatable bonds is 4. The van der Waals surface area contributed by atoms with Crippen molar-refractivity contribution in [3.8, 4) is 5.75 Å². The van der Waals surface area contributed by atoms with Crippen molar-refractivity contribution in [2.24, 2.45) is 0 Å². The maximum Gasteiger partial charge on any atom is 0.256 e. The van der Waals surface area contributed by atoms with Crippen molar-refractivity contribution in [2.45, 2.75) is 17.9 Å². The SMILES string of the molecule is COc1ccc(CSc2nc(C)co2)cc1Br. The minimum absolute atomic E-state index is 0.703. The van der Waals surface area contributed by atoms with Crippen LogP contribution >= 0.6 is 27.7 Å². The number of thioether (sulfide) groups is 1. The van der Waals surface area contributed by atoms with Crippen LogP contribution in [-0.2, 0) is 5.75 Å². The van der Waals surface area contributed by atoms with E-state index >= 15 is 0 Å². The lowest BCUT2D eigenvalue weighted by molar-refractivity contribution is 0.412. The summed E-state index contributed by atoms with van der Waals surface area (Å²) in [4.78, 5) is 4.24. The maximum absolute atomic E-state index is 5.28. The van der Waals surface area contributed by atoms with Gasteiger partial charge in [0, 0.05) is 5.75 Å². The third-order valence-corrected chi connectivity index (χ3v) is 3.71. The third-order valence-electron chi connectivity index (χ3n) is 2.18. The monoisotopic (exact) mass is 313 g/mol. The molecule has 0 atom stereocenters. The van der Waals surface area contributed by atoms with Gasteiger partial charge in [-0.3, -0.25) is 0 Å². The molecule has 0 radical (unpaired) electrons. The quantitative estimate of drug-likeness (QED) is 0.798. The molecule has 0 unspecified atom stereocenters. The van der Waals surface area contributed by atoms with E-state index in [1.54, 1.807) is 25.1 Å². The first kappa shape index (κ1) is 12.5. The highest BCUT2D eigenvalue weighted by Crippen LogP contribution is 2.28. The summed E-state index contributed by atoms with van der Waals surface area (Å²) in [5, 5.41) is 0.703. The summed E-state index contributed by atoms with van der Waals surface area (Å²) in [5.74, 6) is 1.66. The maximum atomic E-state index is 5.28. The minimum Gasteiger partial charge on any atom is -0.496 e. The van der Waals surface area contributed by atoms with Crippen LogP contribution in [0.25, 0.3) is 0 Å². The van der Waals surface area contributed by atoms with E-state index in [4.69, 9.17) is 9.15 Å². The lowest BCUT2D eigenvalue weighted by atomic mass is 10.2. The number of hydrogen-bond acceptors (Lipinski definition) is 4. The molecule has 0 saturated carbocycles. The Bertz CT molecular complexity index is 513. The van der Waals surface area contributed by atoms with Gasteiger partial charge < -0.3 is 9.15 Å². The molecule has 1 aromatic carbocycles. The van der Waals surface area contributed by atoms with Crippen LogP contribution in [0.3, 0.4) is 0 Å². The summed E-state index contributed by atoms with van der Waals surface area (Å²) < 4.78 is 11.4. The van der Waals surface area contributed by atoms with Gasteiger partial charge in [-0.2, -0.15) is 0 Å². The first-order valence-corrected chi connectivity index (χ1v) is 6.84. The summed E-state index contributed by atoms with van der Waals surface area (Å²) >= 11 is 5.04. The molecule has 5 heteroatoms. The Labute approximate surface area is 113 Å². The topological polar surface area (TPSA) is 35.3 Å². The van der Waals surface area contributed by atoms with Gasteiger partial charge in [-0.25, -0.2) is 4.98 Å². The Kier molecular flexibility index (Phi) is 4.12. The second-order valence-corrected chi connectivity index (χ2v) is 5.29. The van der Waals surface area contributed by atoms with Crippen LogP contribution in [0.1, 0.15) is 11.3 Å². The number of oxazole rings is 1. The number of aromatic nitrogens is 1. The molecule has 2 aromatic rings. The van der Waals surface area contributed by atoms with Gasteiger partial charge in [0.25, 0.3) is 5.22 Å². The van der Waals surface area contributed by atoms with Crippen molar-refractivity contribution in [1.82, 2.24) is 4.98 Å². The first-order valence-electron chi connectivity index (χ1n) is 5.06. The number of benzene rings is 1. The molecule has 1 heterocycles. The number of nitrogens with zero attached hydrogens (tertiary/aromatic N) is 1. The van der Waals surface area contributed by atoms with Crippen LogP contribution in [0.15, 0.2) is 38.6 Å². The molecule has 0 amide bonds. The zero-order valence-corrected chi connectivity index (χ0v) is 12.0. The average Bonchev–Trinajstić information content (AvgIpc) is 2.73. The molecule has 3 nitrogen and oxygen atoms in total. The zero-order valence-electron chi connectivity index (χ0n) is 9.57. The molecular weight excluding hydrogens is 302 g/mol. The fourth-order valence-corrected chi connectivity index (χ4v) is 2.73. The van der Waals surface area contributed by atoms with Crippen molar-refractivity contribution in [3.05, 3.63) is 40.2 Å². The number of methoxy groups -OCH3 is 1. The van der Waals surface area contributed by atoms with Gasteiger partial charge in [0.15, 0.2) is 0 Å². The van der Waals surface area contributed by atoms with E-state index in [9.17, 15) is 0 Å². The first-order chi connectivity index (χ1) is 8.19. The van der Waals surface area contributed by atoms with Gasteiger partial charge in [0.1, 0.15) is 12.0 Å². The van der Waals surface area contributed by atoms with Gasteiger partial charge in [-0.05, 0) is 40.5 Å². The van der Waals surface area contributed by atoms with E-state index < -0.39 is 0 Å². The molecule has 0 fully saturated rings. The Balaban J connectivity index is 2.02. The fourth-order valence-electron chi connectivity index (χ4n) is 1.34. The molecule has 2 rings (SSSR count). The van der Waals surface area contributed by atoms with Gasteiger partial charge >= 0.3 is 0 Å². The second-order valence-electron chi connectivity index (χ2n) is 3.51. The molecule has 0 N–H and O–H groups in total. The molecule has 0 aliphatic rings. The lowest BCUT2D eigenvalue weighted by Gasteiger charge is -2.05. The highest BCUT2D eigenvalue weighted by molar-refractivity contribution is 9.10. The van der Waals surface area contributed by atoms with Crippen LogP contribution < -0.4 is 4.74 Å². The smallest absolute Gasteiger partial charge is 0.256 e. The predicted molar refractivity (Wildman–Crippen MR) is 71.5 cm³/mol. The zero-order chi connectivity index (χ0) is 12.3. The molecule has 0 saturated heterocycles. The molecule has 0 spiro atoms. The number of halogens is 1. The van der Waals surface area contributed by atoms with Crippen molar-refractivity contribution >= 4 is 27.7 Å². The van der Waals surface area contributed by atoms with Crippen LogP contribution in [0, 0.1) is 6.92 Å². The van der Waals surface area contributed by atoms with Crippen LogP contribution in [0.2, 0.25) is 0 Å². The van der Waals surface area contributed by atoms with Crippen LogP contribution in [-0.4, -0.2) is 12.1 Å². The van der Waals surface area contributed by atoms with E-state index in [2.05, 4.69) is 20.9 Å². The molecule has 90 valence electrons. The Hall–Kier alpha value is -0.940. The fraction of sp³-hybridized carbons (Fsp3) is 0.250. The largest absolute Gasteiger partial charge is 0.496 e. The summed E-state index contributed by atoms with van der Waals surface area (Å²) in [6.45, 7) is 1.91. The summed E-state index contributed by atoms with van der Waals surface area (Å²) in [6, 6.07) is 6.02. The van der Waals surface area contributed by atoms with Crippen molar-refractivity contribution in [3.63, 3.8) is 0 Å². The normalized spacial score (nSPS) is 10.5. The van der Waals surface area contributed by atoms with Gasteiger partial charge in [0.05, 0.1) is 17.3 Å². The Morgan fingerprint density at radius 2 is 2.29 bits per heavy atom. The molecule has 0 bridgehead atoms. The summed E-state index contributed by atoms with van der Waals surface area (Å²) in [5.41, 5.74) is 2.10. The molecule has 0 aliphatic heterocycles. The highest BCUT2D eigenvalue weighted by Gasteiger charge is 2.05. The van der Waals surface area contributed by atoms with E-state index in [1.807, 2.05) is 25.1 Å². The summed E-state index contributed by atoms with van der Waals surface area (Å²) in [6.07, 6.45) is 1.66. The number of ether oxygens (including phenoxy) is 1. The van der Waals surface area contributed by atoms with Gasteiger partial charge in [-0.1, -0.05) is 17.8 Å². The second kappa shape index (κ2) is 5.60.